The highest BCUT2D eigenvalue weighted by Crippen LogP contribution is 2.21. The van der Waals surface area contributed by atoms with Crippen LogP contribution in [0.1, 0.15) is 25.3 Å². The fourth-order valence-corrected chi connectivity index (χ4v) is 2.91. The lowest BCUT2D eigenvalue weighted by molar-refractivity contribution is 0.103. The van der Waals surface area contributed by atoms with Crippen molar-refractivity contribution in [1.29, 1.82) is 0 Å². The molecule has 0 aliphatic rings. The number of aliphatic hydroxyl groups is 1. The Morgan fingerprint density at radius 3 is 2.89 bits per heavy atom. The van der Waals surface area contributed by atoms with Crippen LogP contribution in [0.2, 0.25) is 0 Å². The van der Waals surface area contributed by atoms with Crippen LogP contribution in [-0.2, 0) is 0 Å². The molecule has 2 heterocycles. The summed E-state index contributed by atoms with van der Waals surface area (Å²) >= 11 is 2.62. The number of rotatable bonds is 2. The Bertz CT molecular complexity index is 664. The Balaban J connectivity index is 2.11. The molecule has 0 aromatic carbocycles. The number of anilines is 1. The lowest BCUT2D eigenvalue weighted by Crippen LogP contribution is -2.11. The van der Waals surface area contributed by atoms with Crippen LogP contribution in [0.4, 0.5) is 5.13 Å². The quantitative estimate of drug-likeness (QED) is 0.828. The summed E-state index contributed by atoms with van der Waals surface area (Å²) < 4.78 is 0. The van der Waals surface area contributed by atoms with Gasteiger partial charge in [-0.25, -0.2) is 9.97 Å². The number of thiazole rings is 2. The van der Waals surface area contributed by atoms with Crippen LogP contribution in [0.5, 0.6) is 0 Å². The molecule has 1 amide bonds. The maximum atomic E-state index is 12.0. The number of carbonyl (C=O) groups excluding carboxylic acids is 1. The normalized spacial score (nSPS) is 9.84. The zero-order valence-corrected chi connectivity index (χ0v) is 12.0. The molecular weight excluding hydrogens is 282 g/mol. The largest absolute Gasteiger partial charge is 0.384 e. The third kappa shape index (κ3) is 3.38. The van der Waals surface area contributed by atoms with Crippen molar-refractivity contribution in [1.82, 2.24) is 9.97 Å². The second-order valence-corrected chi connectivity index (χ2v) is 5.82. The highest BCUT2D eigenvalue weighted by atomic mass is 32.1. The van der Waals surface area contributed by atoms with Gasteiger partial charge >= 0.3 is 0 Å². The lowest BCUT2D eigenvalue weighted by Gasteiger charge is -1.98. The summed E-state index contributed by atoms with van der Waals surface area (Å²) in [7, 11) is 0. The van der Waals surface area contributed by atoms with Crippen LogP contribution in [0.3, 0.4) is 0 Å². The first-order chi connectivity index (χ1) is 9.10. The Kier molecular flexibility index (Phi) is 4.27. The zero-order valence-electron chi connectivity index (χ0n) is 10.4. The van der Waals surface area contributed by atoms with Crippen LogP contribution in [0.25, 0.3) is 0 Å². The summed E-state index contributed by atoms with van der Waals surface area (Å²) in [6.07, 6.45) is 1.56. The molecule has 0 unspecified atom stereocenters. The van der Waals surface area contributed by atoms with Crippen LogP contribution in [0, 0.1) is 25.7 Å². The van der Waals surface area contributed by atoms with E-state index in [9.17, 15) is 4.79 Å². The number of nitrogens with one attached hydrogen (secondary N) is 1. The molecule has 0 bridgehead atoms. The number of hydrogen-bond donors (Lipinski definition) is 2. The molecule has 5 nitrogen and oxygen atoms in total. The summed E-state index contributed by atoms with van der Waals surface area (Å²) in [5.74, 6) is 5.06. The predicted molar refractivity (Wildman–Crippen MR) is 75.6 cm³/mol. The number of aromatic nitrogens is 2. The average molecular weight is 293 g/mol. The van der Waals surface area contributed by atoms with Gasteiger partial charge in [-0.05, 0) is 13.8 Å². The topological polar surface area (TPSA) is 75.1 Å². The van der Waals surface area contributed by atoms with E-state index in [-0.39, 0.29) is 12.5 Å². The monoisotopic (exact) mass is 293 g/mol. The van der Waals surface area contributed by atoms with Crippen molar-refractivity contribution in [2.24, 2.45) is 0 Å². The van der Waals surface area contributed by atoms with Gasteiger partial charge in [0.05, 0.1) is 21.8 Å². The van der Waals surface area contributed by atoms with Crippen LogP contribution in [0.15, 0.2) is 6.20 Å². The second kappa shape index (κ2) is 5.93. The van der Waals surface area contributed by atoms with Gasteiger partial charge in [0.1, 0.15) is 11.5 Å². The molecule has 0 saturated heterocycles. The number of amides is 1. The molecule has 98 valence electrons. The third-order valence-electron chi connectivity index (χ3n) is 2.13. The van der Waals surface area contributed by atoms with E-state index >= 15 is 0 Å². The molecule has 19 heavy (non-hydrogen) atoms. The van der Waals surface area contributed by atoms with E-state index in [1.54, 1.807) is 13.1 Å². The van der Waals surface area contributed by atoms with Crippen molar-refractivity contribution in [3.8, 4) is 11.8 Å². The summed E-state index contributed by atoms with van der Waals surface area (Å²) in [4.78, 5) is 21.6. The van der Waals surface area contributed by atoms with Gasteiger partial charge in [0.25, 0.3) is 5.91 Å². The first-order valence-corrected chi connectivity index (χ1v) is 7.04. The molecule has 0 fully saturated rings. The van der Waals surface area contributed by atoms with E-state index in [0.717, 1.165) is 10.7 Å². The van der Waals surface area contributed by atoms with Gasteiger partial charge in [-0.3, -0.25) is 10.1 Å². The maximum absolute atomic E-state index is 12.0. The van der Waals surface area contributed by atoms with Gasteiger partial charge in [-0.1, -0.05) is 23.2 Å². The third-order valence-corrected chi connectivity index (χ3v) is 4.03. The van der Waals surface area contributed by atoms with Crippen molar-refractivity contribution >= 4 is 33.7 Å². The van der Waals surface area contributed by atoms with E-state index in [4.69, 9.17) is 5.11 Å². The van der Waals surface area contributed by atoms with Crippen LogP contribution in [-0.4, -0.2) is 27.6 Å². The van der Waals surface area contributed by atoms with Gasteiger partial charge in [-0.15, -0.1) is 11.3 Å². The SMILES string of the molecule is Cc1nc(C)c(C(=O)Nc2ncc(C#CCO)s2)s1. The van der Waals surface area contributed by atoms with Gasteiger partial charge in [0.15, 0.2) is 5.13 Å². The second-order valence-electron chi connectivity index (χ2n) is 3.59. The molecule has 0 aliphatic carbocycles. The van der Waals surface area contributed by atoms with Gasteiger partial charge in [-0.2, -0.15) is 0 Å². The Morgan fingerprint density at radius 2 is 2.26 bits per heavy atom. The molecule has 2 rings (SSSR count). The van der Waals surface area contributed by atoms with Gasteiger partial charge in [0.2, 0.25) is 0 Å². The number of aliphatic hydroxyl groups excluding tert-OH is 1. The number of nitrogens with zero attached hydrogens (tertiary/aromatic N) is 2. The summed E-state index contributed by atoms with van der Waals surface area (Å²) in [6.45, 7) is 3.47. The summed E-state index contributed by atoms with van der Waals surface area (Å²) in [5, 5.41) is 12.7. The smallest absolute Gasteiger partial charge is 0.269 e. The molecule has 2 aromatic rings. The Hall–Kier alpha value is -1.75. The molecule has 2 aromatic heterocycles. The van der Waals surface area contributed by atoms with E-state index < -0.39 is 0 Å². The minimum Gasteiger partial charge on any atom is -0.384 e. The number of carbonyl (C=O) groups is 1. The van der Waals surface area contributed by atoms with Crippen LogP contribution < -0.4 is 5.32 Å². The average Bonchev–Trinajstić information content (AvgIpc) is 2.93. The van der Waals surface area contributed by atoms with Gasteiger partial charge < -0.3 is 5.11 Å². The standard InChI is InChI=1S/C12H11N3O2S2/c1-7-10(18-8(2)14-7)11(17)15-12-13-6-9(19-12)4-3-5-16/h6,16H,5H2,1-2H3,(H,13,15,17). The molecule has 0 atom stereocenters. The van der Waals surface area contributed by atoms with Crippen molar-refractivity contribution in [2.75, 3.05) is 11.9 Å². The predicted octanol–water partition coefficient (Wildman–Crippen LogP) is 1.81. The van der Waals surface area contributed by atoms with E-state index in [1.807, 2.05) is 6.92 Å². The van der Waals surface area contributed by atoms with Crippen LogP contribution >= 0.6 is 22.7 Å². The molecular formula is C12H11N3O2S2. The minimum absolute atomic E-state index is 0.196. The van der Waals surface area contributed by atoms with Crippen molar-refractivity contribution in [2.45, 2.75) is 13.8 Å². The Morgan fingerprint density at radius 1 is 1.47 bits per heavy atom. The fraction of sp³-hybridized carbons (Fsp3) is 0.250. The molecule has 7 heteroatoms. The maximum Gasteiger partial charge on any atom is 0.269 e. The molecule has 0 spiro atoms. The summed E-state index contributed by atoms with van der Waals surface area (Å²) in [6, 6.07) is 0. The van der Waals surface area contributed by atoms with Gasteiger partial charge in [0, 0.05) is 0 Å². The molecule has 0 radical (unpaired) electrons. The first kappa shape index (κ1) is 13.7. The van der Waals surface area contributed by atoms with E-state index in [1.165, 1.54) is 22.7 Å². The molecule has 0 aliphatic heterocycles. The number of aryl methyl sites for hydroxylation is 2. The zero-order chi connectivity index (χ0) is 13.8. The van der Waals surface area contributed by atoms with Crippen molar-refractivity contribution in [3.05, 3.63) is 26.7 Å². The lowest BCUT2D eigenvalue weighted by atomic mass is 10.4. The highest BCUT2D eigenvalue weighted by molar-refractivity contribution is 7.16. The molecule has 0 saturated carbocycles. The minimum atomic E-state index is -0.209. The highest BCUT2D eigenvalue weighted by Gasteiger charge is 2.15. The fourth-order valence-electron chi connectivity index (χ4n) is 1.41. The van der Waals surface area contributed by atoms with E-state index in [0.29, 0.717) is 14.9 Å². The first-order valence-electron chi connectivity index (χ1n) is 5.41. The van der Waals surface area contributed by atoms with E-state index in [2.05, 4.69) is 27.1 Å². The Labute approximate surface area is 118 Å². The summed E-state index contributed by atoms with van der Waals surface area (Å²) in [5.41, 5.74) is 0.719. The number of hydrogen-bond acceptors (Lipinski definition) is 6. The van der Waals surface area contributed by atoms with Crippen molar-refractivity contribution in [3.63, 3.8) is 0 Å². The molecule has 2 N–H and O–H groups in total. The van der Waals surface area contributed by atoms with Crippen molar-refractivity contribution < 1.29 is 9.90 Å².